The van der Waals surface area contributed by atoms with Crippen molar-refractivity contribution in [2.45, 2.75) is 104 Å². The van der Waals surface area contributed by atoms with Crippen LogP contribution in [0.5, 0.6) is 5.75 Å². The number of carbonyl (C=O) groups excluding carboxylic acids is 6. The standard InChI is InChI=1S/C47H60F2O13/c1-9-11-12-14-31-16-18-33(19-17-31)35-22-37(48)40(38(49)23-35)36-21-34(15-13-20-58-41(50)29(3)4)39(24-32(36)10-2)59-25-47(26-60-42(51)30(5)6,27-61-45(54)43(52)56-7)28-62-46(55)44(53)57-8/h21-24,31,33H,3,5,9-20,25-28H2,1-2,4,6-8H3. The number of hydrogen-bond donors (Lipinski definition) is 0. The molecule has 62 heavy (non-hydrogen) atoms. The van der Waals surface area contributed by atoms with Crippen molar-refractivity contribution in [3.05, 3.63) is 76.9 Å². The zero-order valence-electron chi connectivity index (χ0n) is 36.8. The lowest BCUT2D eigenvalue weighted by molar-refractivity contribution is -0.177. The highest BCUT2D eigenvalue weighted by molar-refractivity contribution is 6.30. The Morgan fingerprint density at radius 2 is 1.19 bits per heavy atom. The van der Waals surface area contributed by atoms with Gasteiger partial charge in [0.15, 0.2) is 0 Å². The van der Waals surface area contributed by atoms with Gasteiger partial charge in [0.2, 0.25) is 0 Å². The Bertz CT molecular complexity index is 1890. The lowest BCUT2D eigenvalue weighted by Crippen LogP contribution is -2.45. The third-order valence-electron chi connectivity index (χ3n) is 10.8. The summed E-state index contributed by atoms with van der Waals surface area (Å²) in [5, 5.41) is 0. The molecule has 0 bridgehead atoms. The number of benzene rings is 2. The molecule has 2 aromatic rings. The summed E-state index contributed by atoms with van der Waals surface area (Å²) >= 11 is 0. The molecule has 0 radical (unpaired) electrons. The highest BCUT2D eigenvalue weighted by atomic mass is 19.1. The van der Waals surface area contributed by atoms with E-state index in [9.17, 15) is 28.8 Å². The lowest BCUT2D eigenvalue weighted by atomic mass is 9.76. The first-order valence-corrected chi connectivity index (χ1v) is 20.9. The quantitative estimate of drug-likeness (QED) is 0.0367. The van der Waals surface area contributed by atoms with Crippen LogP contribution in [0.15, 0.2) is 48.6 Å². The van der Waals surface area contributed by atoms with E-state index in [4.69, 9.17) is 23.7 Å². The lowest BCUT2D eigenvalue weighted by Gasteiger charge is -2.32. The second kappa shape index (κ2) is 24.7. The minimum Gasteiger partial charge on any atom is -0.492 e. The van der Waals surface area contributed by atoms with Gasteiger partial charge in [-0.25, -0.2) is 37.5 Å². The van der Waals surface area contributed by atoms with Gasteiger partial charge in [0.25, 0.3) is 0 Å². The van der Waals surface area contributed by atoms with E-state index in [1.807, 2.05) is 0 Å². The first kappa shape index (κ1) is 50.8. The van der Waals surface area contributed by atoms with Crippen molar-refractivity contribution >= 4 is 35.8 Å². The molecule has 2 aromatic carbocycles. The highest BCUT2D eigenvalue weighted by Gasteiger charge is 2.39. The Morgan fingerprint density at radius 3 is 1.69 bits per heavy atom. The summed E-state index contributed by atoms with van der Waals surface area (Å²) in [5.41, 5.74) is -0.0151. The molecular weight excluding hydrogens is 811 g/mol. The number of carbonyl (C=O) groups is 6. The van der Waals surface area contributed by atoms with E-state index in [0.29, 0.717) is 29.0 Å². The average molecular weight is 871 g/mol. The molecule has 0 spiro atoms. The molecule has 1 aliphatic rings. The number of rotatable bonds is 22. The van der Waals surface area contributed by atoms with Crippen LogP contribution in [0.2, 0.25) is 0 Å². The summed E-state index contributed by atoms with van der Waals surface area (Å²) in [6.45, 7) is 11.2. The van der Waals surface area contributed by atoms with Gasteiger partial charge in [-0.1, -0.05) is 52.7 Å². The fraction of sp³-hybridized carbons (Fsp3) is 0.532. The first-order valence-electron chi connectivity index (χ1n) is 20.9. The van der Waals surface area contributed by atoms with Crippen LogP contribution >= 0.6 is 0 Å². The molecular formula is C47H60F2O13. The topological polar surface area (TPSA) is 167 Å². The van der Waals surface area contributed by atoms with Crippen LogP contribution in [0.1, 0.15) is 108 Å². The third-order valence-corrected chi connectivity index (χ3v) is 10.8. The summed E-state index contributed by atoms with van der Waals surface area (Å²) in [7, 11) is 1.91. The number of ether oxygens (including phenoxy) is 7. The molecule has 0 amide bonds. The number of halogens is 2. The van der Waals surface area contributed by atoms with E-state index in [0.717, 1.165) is 46.3 Å². The molecule has 0 unspecified atom stereocenters. The molecule has 0 saturated heterocycles. The molecule has 3 rings (SSSR count). The van der Waals surface area contributed by atoms with Crippen molar-refractivity contribution < 1.29 is 70.7 Å². The maximum absolute atomic E-state index is 16.3. The molecule has 0 aromatic heterocycles. The van der Waals surface area contributed by atoms with Crippen molar-refractivity contribution in [2.75, 3.05) is 47.3 Å². The first-order chi connectivity index (χ1) is 29.5. The zero-order valence-corrected chi connectivity index (χ0v) is 36.8. The summed E-state index contributed by atoms with van der Waals surface area (Å²) < 4.78 is 68.9. The predicted molar refractivity (Wildman–Crippen MR) is 224 cm³/mol. The molecule has 0 atom stereocenters. The molecule has 0 heterocycles. The highest BCUT2D eigenvalue weighted by Crippen LogP contribution is 2.41. The average Bonchev–Trinajstić information content (AvgIpc) is 3.26. The van der Waals surface area contributed by atoms with Crippen molar-refractivity contribution in [1.82, 2.24) is 0 Å². The summed E-state index contributed by atoms with van der Waals surface area (Å²) in [6, 6.07) is 6.03. The summed E-state index contributed by atoms with van der Waals surface area (Å²) in [4.78, 5) is 73.6. The Balaban J connectivity index is 2.09. The predicted octanol–water partition coefficient (Wildman–Crippen LogP) is 8.02. The van der Waals surface area contributed by atoms with Gasteiger partial charge in [-0.05, 0) is 117 Å². The molecule has 1 fully saturated rings. The zero-order chi connectivity index (χ0) is 46.0. The number of unbranched alkanes of at least 4 members (excludes halogenated alkanes) is 2. The van der Waals surface area contributed by atoms with Gasteiger partial charge in [0, 0.05) is 11.1 Å². The summed E-state index contributed by atoms with van der Waals surface area (Å²) in [5.74, 6) is -7.66. The fourth-order valence-electron chi connectivity index (χ4n) is 7.17. The van der Waals surface area contributed by atoms with Crippen LogP contribution in [0.25, 0.3) is 11.1 Å². The smallest absolute Gasteiger partial charge is 0.417 e. The molecule has 340 valence electrons. The van der Waals surface area contributed by atoms with Crippen molar-refractivity contribution in [2.24, 2.45) is 11.3 Å². The van der Waals surface area contributed by atoms with Crippen LogP contribution in [0.4, 0.5) is 8.78 Å². The normalized spacial score (nSPS) is 14.8. The SMILES string of the molecule is C=C(C)C(=O)OCCCc1cc(-c2c(F)cc(C3CCC(CCCCC)CC3)cc2F)c(CC)cc1OCC(COC(=O)C(=C)C)(COC(=O)C(=O)OC)COC(=O)C(=O)OC. The third kappa shape index (κ3) is 14.8. The Kier molecular flexibility index (Phi) is 20.3. The van der Waals surface area contributed by atoms with Crippen LogP contribution in [0.3, 0.4) is 0 Å². The molecule has 15 heteroatoms. The maximum atomic E-state index is 16.3. The van der Waals surface area contributed by atoms with Gasteiger partial charge >= 0.3 is 35.8 Å². The molecule has 13 nitrogen and oxygen atoms in total. The Labute approximate surface area is 362 Å². The van der Waals surface area contributed by atoms with E-state index in [-0.39, 0.29) is 53.4 Å². The van der Waals surface area contributed by atoms with Gasteiger partial charge in [-0.15, -0.1) is 0 Å². The van der Waals surface area contributed by atoms with Crippen LogP contribution in [0, 0.1) is 23.0 Å². The number of hydrogen-bond acceptors (Lipinski definition) is 13. The number of methoxy groups -OCH3 is 2. The van der Waals surface area contributed by atoms with E-state index >= 15 is 8.78 Å². The van der Waals surface area contributed by atoms with E-state index in [1.54, 1.807) is 19.1 Å². The minimum absolute atomic E-state index is 0.00609. The van der Waals surface area contributed by atoms with Gasteiger partial charge < -0.3 is 33.2 Å². The minimum atomic E-state index is -1.79. The van der Waals surface area contributed by atoms with Gasteiger partial charge in [0.1, 0.15) is 49.2 Å². The van der Waals surface area contributed by atoms with E-state index in [2.05, 4.69) is 29.6 Å². The van der Waals surface area contributed by atoms with Crippen molar-refractivity contribution in [1.29, 1.82) is 0 Å². The van der Waals surface area contributed by atoms with Gasteiger partial charge in [0.05, 0.1) is 26.4 Å². The van der Waals surface area contributed by atoms with Crippen molar-refractivity contribution in [3.8, 4) is 16.9 Å². The molecule has 1 saturated carbocycles. The number of esters is 6. The van der Waals surface area contributed by atoms with E-state index in [1.165, 1.54) is 45.2 Å². The van der Waals surface area contributed by atoms with Crippen LogP contribution in [-0.4, -0.2) is 83.1 Å². The van der Waals surface area contributed by atoms with Gasteiger partial charge in [-0.2, -0.15) is 0 Å². The monoisotopic (exact) mass is 870 g/mol. The second-order valence-electron chi connectivity index (χ2n) is 15.8. The maximum Gasteiger partial charge on any atom is 0.417 e. The second-order valence-corrected chi connectivity index (χ2v) is 15.8. The largest absolute Gasteiger partial charge is 0.492 e. The van der Waals surface area contributed by atoms with E-state index < -0.39 is 79.3 Å². The number of aryl methyl sites for hydroxylation is 2. The molecule has 0 aliphatic heterocycles. The van der Waals surface area contributed by atoms with Crippen LogP contribution in [-0.2, 0) is 70.0 Å². The fourth-order valence-corrected chi connectivity index (χ4v) is 7.17. The summed E-state index contributed by atoms with van der Waals surface area (Å²) in [6.07, 6.45) is 9.18. The van der Waals surface area contributed by atoms with Crippen LogP contribution < -0.4 is 4.74 Å². The Morgan fingerprint density at radius 1 is 0.661 bits per heavy atom. The molecule has 1 aliphatic carbocycles. The molecule has 0 N–H and O–H groups in total. The van der Waals surface area contributed by atoms with Crippen molar-refractivity contribution in [3.63, 3.8) is 0 Å². The Hall–Kier alpha value is -5.60. The van der Waals surface area contributed by atoms with Gasteiger partial charge in [-0.3, -0.25) is 0 Å².